The van der Waals surface area contributed by atoms with Crippen LogP contribution in [0.3, 0.4) is 0 Å². The molecule has 96 valence electrons. The number of nitrogens with zero attached hydrogens (tertiary/aromatic N) is 2. The summed E-state index contributed by atoms with van der Waals surface area (Å²) in [5.41, 5.74) is 4.00. The van der Waals surface area contributed by atoms with E-state index in [2.05, 4.69) is 5.16 Å². The second-order valence-corrected chi connectivity index (χ2v) is 5.39. The highest BCUT2D eigenvalue weighted by Crippen LogP contribution is 2.43. The van der Waals surface area contributed by atoms with Gasteiger partial charge in [0.25, 0.3) is 0 Å². The zero-order chi connectivity index (χ0) is 12.7. The van der Waals surface area contributed by atoms with Crippen LogP contribution in [0.2, 0.25) is 0 Å². The Kier molecular flexibility index (Phi) is 2.77. The number of hydrogen-bond acceptors (Lipinski definition) is 4. The van der Waals surface area contributed by atoms with Crippen molar-refractivity contribution in [3.8, 4) is 0 Å². The molecule has 0 radical (unpaired) electrons. The van der Waals surface area contributed by atoms with Crippen molar-refractivity contribution >= 4 is 11.7 Å². The Morgan fingerprint density at radius 1 is 1.41 bits per heavy atom. The van der Waals surface area contributed by atoms with Crippen molar-refractivity contribution in [1.82, 2.24) is 4.90 Å². The van der Waals surface area contributed by atoms with Gasteiger partial charge in [-0.15, -0.1) is 0 Å². The Hall–Kier alpha value is -1.30. The SMILES string of the molecule is CC1(O)CCN(C(=O)C2(C(N)=NO)CCC2)C1. The second kappa shape index (κ2) is 3.87. The van der Waals surface area contributed by atoms with Crippen molar-refractivity contribution in [1.29, 1.82) is 0 Å². The summed E-state index contributed by atoms with van der Waals surface area (Å²) in [6.07, 6.45) is 2.73. The molecule has 1 amide bonds. The normalized spacial score (nSPS) is 32.4. The van der Waals surface area contributed by atoms with Crippen molar-refractivity contribution in [2.75, 3.05) is 13.1 Å². The lowest BCUT2D eigenvalue weighted by Crippen LogP contribution is -2.55. The van der Waals surface area contributed by atoms with Crippen LogP contribution >= 0.6 is 0 Å². The molecule has 1 saturated heterocycles. The van der Waals surface area contributed by atoms with Crippen LogP contribution in [0.5, 0.6) is 0 Å². The molecule has 2 aliphatic rings. The number of β-amino-alcohol motifs (C(OH)–C–C–N with tert-alkyl or cyclic N) is 1. The van der Waals surface area contributed by atoms with Gasteiger partial charge in [-0.25, -0.2) is 0 Å². The number of likely N-dealkylation sites (tertiary alicyclic amines) is 1. The lowest BCUT2D eigenvalue weighted by atomic mass is 9.67. The summed E-state index contributed by atoms with van der Waals surface area (Å²) < 4.78 is 0. The first-order chi connectivity index (χ1) is 7.91. The number of amidine groups is 1. The molecule has 2 rings (SSSR count). The Morgan fingerprint density at radius 2 is 2.06 bits per heavy atom. The third-order valence-electron chi connectivity index (χ3n) is 3.95. The van der Waals surface area contributed by atoms with Crippen LogP contribution in [-0.2, 0) is 4.79 Å². The van der Waals surface area contributed by atoms with Gasteiger partial charge in [-0.05, 0) is 26.2 Å². The van der Waals surface area contributed by atoms with Gasteiger partial charge in [-0.1, -0.05) is 11.6 Å². The molecular weight excluding hydrogens is 222 g/mol. The van der Waals surface area contributed by atoms with Gasteiger partial charge in [-0.2, -0.15) is 0 Å². The zero-order valence-corrected chi connectivity index (χ0v) is 10.0. The highest BCUT2D eigenvalue weighted by Gasteiger charge is 2.52. The van der Waals surface area contributed by atoms with E-state index in [1.54, 1.807) is 11.8 Å². The number of aliphatic hydroxyl groups is 1. The number of carbonyl (C=O) groups excluding carboxylic acids is 1. The molecule has 0 aromatic heterocycles. The first-order valence-electron chi connectivity index (χ1n) is 5.91. The Labute approximate surface area is 100 Å². The molecule has 0 spiro atoms. The van der Waals surface area contributed by atoms with E-state index in [0.717, 1.165) is 6.42 Å². The van der Waals surface area contributed by atoms with Crippen molar-refractivity contribution < 1.29 is 15.1 Å². The van der Waals surface area contributed by atoms with Crippen molar-refractivity contribution in [3.63, 3.8) is 0 Å². The highest BCUT2D eigenvalue weighted by atomic mass is 16.4. The van der Waals surface area contributed by atoms with Crippen LogP contribution in [0.4, 0.5) is 0 Å². The summed E-state index contributed by atoms with van der Waals surface area (Å²) >= 11 is 0. The standard InChI is InChI=1S/C11H19N3O3/c1-10(16)5-6-14(7-10)9(15)11(3-2-4-11)8(12)13-17/h16-17H,2-7H2,1H3,(H2,12,13). The molecule has 2 fully saturated rings. The van der Waals surface area contributed by atoms with E-state index in [1.807, 2.05) is 0 Å². The summed E-state index contributed by atoms with van der Waals surface area (Å²) in [4.78, 5) is 14.0. The van der Waals surface area contributed by atoms with Gasteiger partial charge in [0.05, 0.1) is 5.60 Å². The monoisotopic (exact) mass is 241 g/mol. The van der Waals surface area contributed by atoms with E-state index >= 15 is 0 Å². The van der Waals surface area contributed by atoms with Gasteiger partial charge in [-0.3, -0.25) is 4.79 Å². The van der Waals surface area contributed by atoms with Crippen LogP contribution in [0, 0.1) is 5.41 Å². The fourth-order valence-electron chi connectivity index (χ4n) is 2.63. The first kappa shape index (κ1) is 12.2. The average molecular weight is 241 g/mol. The topological polar surface area (TPSA) is 99.2 Å². The van der Waals surface area contributed by atoms with Crippen molar-refractivity contribution in [3.05, 3.63) is 0 Å². The molecule has 4 N–H and O–H groups in total. The van der Waals surface area contributed by atoms with Gasteiger partial charge in [0.15, 0.2) is 5.84 Å². The molecule has 0 bridgehead atoms. The lowest BCUT2D eigenvalue weighted by molar-refractivity contribution is -0.142. The van der Waals surface area contributed by atoms with Gasteiger partial charge in [0.2, 0.25) is 5.91 Å². The lowest BCUT2D eigenvalue weighted by Gasteiger charge is -2.41. The predicted octanol–water partition coefficient (Wildman–Crippen LogP) is -0.114. The van der Waals surface area contributed by atoms with Crippen molar-refractivity contribution in [2.45, 2.75) is 38.2 Å². The predicted molar refractivity (Wildman–Crippen MR) is 61.5 cm³/mol. The third-order valence-corrected chi connectivity index (χ3v) is 3.95. The van der Waals surface area contributed by atoms with E-state index in [0.29, 0.717) is 32.4 Å². The van der Waals surface area contributed by atoms with Crippen LogP contribution in [-0.4, -0.2) is 45.6 Å². The number of oxime groups is 1. The van der Waals surface area contributed by atoms with Gasteiger partial charge in [0, 0.05) is 13.1 Å². The molecule has 6 heteroatoms. The van der Waals surface area contributed by atoms with E-state index in [1.165, 1.54) is 0 Å². The van der Waals surface area contributed by atoms with Gasteiger partial charge in [0.1, 0.15) is 5.41 Å². The number of rotatable bonds is 2. The molecule has 17 heavy (non-hydrogen) atoms. The fraction of sp³-hybridized carbons (Fsp3) is 0.818. The van der Waals surface area contributed by atoms with Crippen LogP contribution < -0.4 is 5.73 Å². The molecule has 1 atom stereocenters. The van der Waals surface area contributed by atoms with E-state index < -0.39 is 11.0 Å². The summed E-state index contributed by atoms with van der Waals surface area (Å²) in [6.45, 7) is 2.58. The maximum Gasteiger partial charge on any atom is 0.236 e. The summed E-state index contributed by atoms with van der Waals surface area (Å²) in [5.74, 6) is -0.114. The minimum Gasteiger partial charge on any atom is -0.409 e. The maximum absolute atomic E-state index is 12.4. The second-order valence-electron chi connectivity index (χ2n) is 5.39. The first-order valence-corrected chi connectivity index (χ1v) is 5.91. The number of carbonyl (C=O) groups is 1. The molecule has 1 heterocycles. The molecular formula is C11H19N3O3. The van der Waals surface area contributed by atoms with E-state index in [-0.39, 0.29) is 11.7 Å². The molecule has 1 aliphatic carbocycles. The molecule has 0 aromatic carbocycles. The quantitative estimate of drug-likeness (QED) is 0.272. The molecule has 1 aliphatic heterocycles. The van der Waals surface area contributed by atoms with Crippen LogP contribution in [0.1, 0.15) is 32.6 Å². The minimum atomic E-state index is -0.824. The number of hydrogen-bond donors (Lipinski definition) is 3. The molecule has 1 saturated carbocycles. The summed E-state index contributed by atoms with van der Waals surface area (Å²) in [5, 5.41) is 21.6. The molecule has 6 nitrogen and oxygen atoms in total. The van der Waals surface area contributed by atoms with Gasteiger partial charge < -0.3 is 20.9 Å². The Bertz CT molecular complexity index is 361. The average Bonchev–Trinajstić information content (AvgIpc) is 2.56. The fourth-order valence-corrected chi connectivity index (χ4v) is 2.63. The van der Waals surface area contributed by atoms with E-state index in [4.69, 9.17) is 10.9 Å². The number of nitrogens with two attached hydrogens (primary N) is 1. The number of amides is 1. The smallest absolute Gasteiger partial charge is 0.236 e. The van der Waals surface area contributed by atoms with Gasteiger partial charge >= 0.3 is 0 Å². The van der Waals surface area contributed by atoms with Crippen LogP contribution in [0.15, 0.2) is 5.16 Å². The zero-order valence-electron chi connectivity index (χ0n) is 10.0. The third kappa shape index (κ3) is 1.86. The largest absolute Gasteiger partial charge is 0.409 e. The molecule has 1 unspecified atom stereocenters. The maximum atomic E-state index is 12.4. The van der Waals surface area contributed by atoms with Crippen molar-refractivity contribution in [2.24, 2.45) is 16.3 Å². The summed E-state index contributed by atoms with van der Waals surface area (Å²) in [7, 11) is 0. The molecule has 0 aromatic rings. The minimum absolute atomic E-state index is 0.000271. The van der Waals surface area contributed by atoms with Crippen LogP contribution in [0.25, 0.3) is 0 Å². The highest BCUT2D eigenvalue weighted by molar-refractivity contribution is 6.07. The Morgan fingerprint density at radius 3 is 2.41 bits per heavy atom. The van der Waals surface area contributed by atoms with E-state index in [9.17, 15) is 9.90 Å². The summed E-state index contributed by atoms with van der Waals surface area (Å²) in [6, 6.07) is 0. The Balaban J connectivity index is 2.14.